The Labute approximate surface area is 175 Å². The first kappa shape index (κ1) is 22.8. The maximum absolute atomic E-state index is 10.4. The third-order valence-electron chi connectivity index (χ3n) is 3.98. The molecule has 0 saturated carbocycles. The Morgan fingerprint density at radius 2 is 1.42 bits per heavy atom. The second kappa shape index (κ2) is 9.82. The summed E-state index contributed by atoms with van der Waals surface area (Å²) in [6.07, 6.45) is 0.948. The number of nitro groups is 3. The molecule has 0 atom stereocenters. The van der Waals surface area contributed by atoms with E-state index in [-0.39, 0.29) is 0 Å². The molecule has 1 N–H and O–H groups in total. The Bertz CT molecular complexity index is 1100. The molecular formula is C19H17N5O7. The van der Waals surface area contributed by atoms with Crippen molar-refractivity contribution in [2.45, 2.75) is 20.3 Å². The SMILES string of the molecule is CCc1cc(-c2ccccc2)nc(C)n1.O=[N+]([O-])c1cc([N+](=O)[O-])c(O)c([N+](=O)[O-])c1. The lowest BCUT2D eigenvalue weighted by Crippen LogP contribution is -1.97. The zero-order valence-corrected chi connectivity index (χ0v) is 16.5. The molecule has 31 heavy (non-hydrogen) atoms. The van der Waals surface area contributed by atoms with Gasteiger partial charge in [-0.3, -0.25) is 30.3 Å². The van der Waals surface area contributed by atoms with Crippen LogP contribution >= 0.6 is 0 Å². The fourth-order valence-corrected chi connectivity index (χ4v) is 2.54. The summed E-state index contributed by atoms with van der Waals surface area (Å²) >= 11 is 0. The van der Waals surface area contributed by atoms with Crippen molar-refractivity contribution in [1.29, 1.82) is 0 Å². The van der Waals surface area contributed by atoms with Gasteiger partial charge in [0.1, 0.15) is 5.82 Å². The molecule has 1 aromatic heterocycles. The minimum Gasteiger partial charge on any atom is -0.497 e. The number of hydrogen-bond donors (Lipinski definition) is 1. The average molecular weight is 427 g/mol. The number of rotatable bonds is 5. The van der Waals surface area contributed by atoms with Gasteiger partial charge >= 0.3 is 11.4 Å². The maximum Gasteiger partial charge on any atom is 0.324 e. The van der Waals surface area contributed by atoms with Crippen LogP contribution in [0.2, 0.25) is 0 Å². The zero-order valence-electron chi connectivity index (χ0n) is 16.5. The van der Waals surface area contributed by atoms with E-state index in [0.29, 0.717) is 12.1 Å². The van der Waals surface area contributed by atoms with Gasteiger partial charge in [-0.1, -0.05) is 37.3 Å². The highest BCUT2D eigenvalue weighted by atomic mass is 16.6. The van der Waals surface area contributed by atoms with Crippen molar-refractivity contribution in [2.24, 2.45) is 0 Å². The van der Waals surface area contributed by atoms with E-state index in [9.17, 15) is 30.3 Å². The Balaban J connectivity index is 0.000000220. The van der Waals surface area contributed by atoms with E-state index >= 15 is 0 Å². The van der Waals surface area contributed by atoms with E-state index in [0.717, 1.165) is 29.2 Å². The van der Waals surface area contributed by atoms with Gasteiger partial charge in [-0.2, -0.15) is 0 Å². The summed E-state index contributed by atoms with van der Waals surface area (Å²) in [5.41, 5.74) is 0.261. The van der Waals surface area contributed by atoms with Crippen LogP contribution in [-0.2, 0) is 6.42 Å². The molecule has 0 radical (unpaired) electrons. The van der Waals surface area contributed by atoms with Crippen molar-refractivity contribution in [2.75, 3.05) is 0 Å². The Kier molecular flexibility index (Phi) is 7.23. The number of benzene rings is 2. The van der Waals surface area contributed by atoms with Crippen LogP contribution in [0.1, 0.15) is 18.4 Å². The largest absolute Gasteiger partial charge is 0.497 e. The standard InChI is InChI=1S/C13H14N2.C6H3N3O7/c1-3-12-9-13(15-10(2)14-12)11-7-5-4-6-8-11;10-6-4(8(13)14)1-3(7(11)12)2-5(6)9(15)16/h4-9H,3H2,1-2H3;1-2,10H. The Hall–Kier alpha value is -4.48. The van der Waals surface area contributed by atoms with Gasteiger partial charge in [0.05, 0.1) is 32.6 Å². The molecule has 12 heteroatoms. The minimum atomic E-state index is -1.21. The average Bonchev–Trinajstić information content (AvgIpc) is 2.73. The molecule has 0 spiro atoms. The lowest BCUT2D eigenvalue weighted by Gasteiger charge is -2.04. The van der Waals surface area contributed by atoms with Crippen LogP contribution < -0.4 is 0 Å². The quantitative estimate of drug-likeness (QED) is 0.463. The van der Waals surface area contributed by atoms with Crippen molar-refractivity contribution in [3.63, 3.8) is 0 Å². The summed E-state index contributed by atoms with van der Waals surface area (Å²) in [7, 11) is 0. The zero-order chi connectivity index (χ0) is 23.1. The molecule has 0 amide bonds. The first-order chi connectivity index (χ1) is 14.6. The summed E-state index contributed by atoms with van der Waals surface area (Å²) in [4.78, 5) is 36.6. The van der Waals surface area contributed by atoms with E-state index < -0.39 is 37.6 Å². The van der Waals surface area contributed by atoms with Crippen molar-refractivity contribution in [3.05, 3.63) is 90.4 Å². The smallest absolute Gasteiger partial charge is 0.324 e. The van der Waals surface area contributed by atoms with E-state index in [1.54, 1.807) is 0 Å². The summed E-state index contributed by atoms with van der Waals surface area (Å²) in [5.74, 6) is -0.367. The molecule has 0 fully saturated rings. The molecule has 0 bridgehead atoms. The van der Waals surface area contributed by atoms with Crippen LogP contribution in [0.5, 0.6) is 5.75 Å². The molecule has 3 aromatic rings. The molecular weight excluding hydrogens is 410 g/mol. The second-order valence-corrected chi connectivity index (χ2v) is 6.12. The third-order valence-corrected chi connectivity index (χ3v) is 3.98. The number of aromatic nitrogens is 2. The number of phenolic OH excluding ortho intramolecular Hbond substituents is 1. The highest BCUT2D eigenvalue weighted by Gasteiger charge is 2.30. The van der Waals surface area contributed by atoms with Crippen LogP contribution in [0.4, 0.5) is 17.1 Å². The van der Waals surface area contributed by atoms with Gasteiger partial charge in [0.25, 0.3) is 11.4 Å². The van der Waals surface area contributed by atoms with Crippen molar-refractivity contribution < 1.29 is 19.9 Å². The summed E-state index contributed by atoms with van der Waals surface area (Å²) in [6, 6.07) is 13.2. The molecule has 2 aromatic carbocycles. The first-order valence-electron chi connectivity index (χ1n) is 8.84. The van der Waals surface area contributed by atoms with Crippen LogP contribution in [-0.4, -0.2) is 29.8 Å². The topological polar surface area (TPSA) is 175 Å². The van der Waals surface area contributed by atoms with Crippen LogP contribution in [0.25, 0.3) is 11.3 Å². The van der Waals surface area contributed by atoms with Crippen molar-refractivity contribution >= 4 is 17.1 Å². The van der Waals surface area contributed by atoms with Crippen LogP contribution in [0, 0.1) is 37.3 Å². The maximum atomic E-state index is 10.4. The van der Waals surface area contributed by atoms with Crippen molar-refractivity contribution in [3.8, 4) is 17.0 Å². The van der Waals surface area contributed by atoms with Crippen molar-refractivity contribution in [1.82, 2.24) is 9.97 Å². The van der Waals surface area contributed by atoms with Gasteiger partial charge in [0, 0.05) is 11.3 Å². The van der Waals surface area contributed by atoms with Gasteiger partial charge < -0.3 is 5.11 Å². The van der Waals surface area contributed by atoms with E-state index in [1.165, 1.54) is 0 Å². The number of aryl methyl sites for hydroxylation is 2. The fourth-order valence-electron chi connectivity index (χ4n) is 2.54. The molecule has 1 heterocycles. The lowest BCUT2D eigenvalue weighted by atomic mass is 10.1. The predicted molar refractivity (Wildman–Crippen MR) is 110 cm³/mol. The highest BCUT2D eigenvalue weighted by molar-refractivity contribution is 5.64. The molecule has 3 rings (SSSR count). The third kappa shape index (κ3) is 5.76. The molecule has 160 valence electrons. The van der Waals surface area contributed by atoms with E-state index in [4.69, 9.17) is 5.11 Å². The van der Waals surface area contributed by atoms with Crippen LogP contribution in [0.3, 0.4) is 0 Å². The van der Waals surface area contributed by atoms with Gasteiger partial charge in [0.15, 0.2) is 0 Å². The normalized spacial score (nSPS) is 10.0. The second-order valence-electron chi connectivity index (χ2n) is 6.12. The molecule has 0 aliphatic heterocycles. The Morgan fingerprint density at radius 3 is 1.87 bits per heavy atom. The number of aromatic hydroxyl groups is 1. The highest BCUT2D eigenvalue weighted by Crippen LogP contribution is 2.38. The number of nitro benzene ring substituents is 3. The molecule has 0 unspecified atom stereocenters. The monoisotopic (exact) mass is 427 g/mol. The fraction of sp³-hybridized carbons (Fsp3) is 0.158. The number of hydrogen-bond acceptors (Lipinski definition) is 9. The number of nitrogens with zero attached hydrogens (tertiary/aromatic N) is 5. The van der Waals surface area contributed by atoms with E-state index in [2.05, 4.69) is 35.1 Å². The van der Waals surface area contributed by atoms with Gasteiger partial charge in [-0.25, -0.2) is 9.97 Å². The van der Waals surface area contributed by atoms with E-state index in [1.807, 2.05) is 25.1 Å². The Morgan fingerprint density at radius 1 is 0.871 bits per heavy atom. The molecule has 0 aliphatic rings. The summed E-state index contributed by atoms with van der Waals surface area (Å²) in [6.45, 7) is 4.04. The lowest BCUT2D eigenvalue weighted by molar-refractivity contribution is -0.404. The number of non-ortho nitro benzene ring substituents is 1. The predicted octanol–water partition coefficient (Wildman–Crippen LogP) is 4.13. The summed E-state index contributed by atoms with van der Waals surface area (Å²) < 4.78 is 0. The minimum absolute atomic E-state index is 0.447. The number of phenols is 1. The first-order valence-corrected chi connectivity index (χ1v) is 8.84. The molecule has 0 aliphatic carbocycles. The molecule has 0 saturated heterocycles. The molecule has 12 nitrogen and oxygen atoms in total. The van der Waals surface area contributed by atoms with Gasteiger partial charge in [0.2, 0.25) is 0 Å². The van der Waals surface area contributed by atoms with Crippen LogP contribution in [0.15, 0.2) is 48.5 Å². The summed E-state index contributed by atoms with van der Waals surface area (Å²) in [5, 5.41) is 40.2. The van der Waals surface area contributed by atoms with Gasteiger partial charge in [-0.15, -0.1) is 0 Å². The van der Waals surface area contributed by atoms with Gasteiger partial charge in [-0.05, 0) is 19.4 Å².